The topological polar surface area (TPSA) is 96.0 Å². The van der Waals surface area contributed by atoms with E-state index in [1.54, 1.807) is 36.6 Å². The number of anilines is 1. The maximum absolute atomic E-state index is 13.0. The number of esters is 1. The average Bonchev–Trinajstić information content (AvgIpc) is 3.31. The predicted molar refractivity (Wildman–Crippen MR) is 130 cm³/mol. The molecule has 1 amide bonds. The maximum atomic E-state index is 13.0. The van der Waals surface area contributed by atoms with E-state index in [-0.39, 0.29) is 18.1 Å². The molecule has 0 aliphatic carbocycles. The van der Waals surface area contributed by atoms with Crippen LogP contribution in [0.25, 0.3) is 0 Å². The van der Waals surface area contributed by atoms with E-state index >= 15 is 0 Å². The third kappa shape index (κ3) is 7.29. The molecule has 0 saturated heterocycles. The summed E-state index contributed by atoms with van der Waals surface area (Å²) in [5.74, 6) is 0.415. The Hall–Kier alpha value is -3.43. The van der Waals surface area contributed by atoms with Gasteiger partial charge in [-0.2, -0.15) is 0 Å². The number of hydrogen-bond donors (Lipinski definition) is 1. The highest BCUT2D eigenvalue weighted by molar-refractivity contribution is 7.09. The average molecular weight is 485 g/mol. The first-order valence-electron chi connectivity index (χ1n) is 10.7. The van der Waals surface area contributed by atoms with Crippen molar-refractivity contribution in [2.24, 2.45) is 0 Å². The van der Waals surface area contributed by atoms with Crippen LogP contribution < -0.4 is 14.8 Å². The van der Waals surface area contributed by atoms with Gasteiger partial charge in [0.05, 0.1) is 19.3 Å². The van der Waals surface area contributed by atoms with E-state index in [1.165, 1.54) is 30.3 Å². The van der Waals surface area contributed by atoms with Crippen LogP contribution in [-0.4, -0.2) is 49.9 Å². The van der Waals surface area contributed by atoms with Crippen LogP contribution in [0.5, 0.6) is 11.5 Å². The molecule has 0 radical (unpaired) electrons. The number of rotatable bonds is 11. The molecule has 2 aromatic heterocycles. The molecule has 1 aromatic carbocycles. The monoisotopic (exact) mass is 484 g/mol. The minimum Gasteiger partial charge on any atom is -0.490 e. The lowest BCUT2D eigenvalue weighted by atomic mass is 10.1. The summed E-state index contributed by atoms with van der Waals surface area (Å²) in [5.41, 5.74) is 0.637. The number of hydrogen-bond acceptors (Lipinski definition) is 8. The van der Waals surface area contributed by atoms with E-state index < -0.39 is 5.97 Å². The van der Waals surface area contributed by atoms with E-state index in [1.807, 2.05) is 25.3 Å². The summed E-state index contributed by atoms with van der Waals surface area (Å²) < 4.78 is 21.9. The van der Waals surface area contributed by atoms with Crippen LogP contribution in [-0.2, 0) is 15.9 Å². The lowest BCUT2D eigenvalue weighted by Gasteiger charge is -2.18. The number of aromatic nitrogens is 1. The van der Waals surface area contributed by atoms with Gasteiger partial charge in [-0.15, -0.1) is 11.3 Å². The summed E-state index contributed by atoms with van der Waals surface area (Å²) in [7, 11) is 2.89. The molecule has 2 atom stereocenters. The Morgan fingerprint density at radius 2 is 1.74 bits per heavy atom. The molecule has 0 unspecified atom stereocenters. The number of carbonyl (C=O) groups is 2. The first-order chi connectivity index (χ1) is 16.4. The molecular formula is C25H28N2O6S. The summed E-state index contributed by atoms with van der Waals surface area (Å²) in [6.07, 6.45) is 1.77. The van der Waals surface area contributed by atoms with Crippen molar-refractivity contribution in [2.45, 2.75) is 32.5 Å². The van der Waals surface area contributed by atoms with E-state index in [0.29, 0.717) is 35.1 Å². The van der Waals surface area contributed by atoms with Crippen LogP contribution in [0, 0.1) is 0 Å². The van der Waals surface area contributed by atoms with Gasteiger partial charge in [0.15, 0.2) is 0 Å². The van der Waals surface area contributed by atoms with Gasteiger partial charge in [0.25, 0.3) is 5.91 Å². The summed E-state index contributed by atoms with van der Waals surface area (Å²) in [5, 5.41) is 4.76. The third-order valence-corrected chi connectivity index (χ3v) is 5.61. The number of benzene rings is 1. The number of thiophene rings is 1. The van der Waals surface area contributed by atoms with Gasteiger partial charge in [0, 0.05) is 36.2 Å². The molecular weight excluding hydrogens is 456 g/mol. The number of nitrogens with zero attached hydrogens (tertiary/aromatic N) is 1. The number of carbonyl (C=O) groups excluding carboxylic acids is 2. The van der Waals surface area contributed by atoms with Crippen molar-refractivity contribution in [3.63, 3.8) is 0 Å². The zero-order valence-corrected chi connectivity index (χ0v) is 20.4. The number of amides is 1. The van der Waals surface area contributed by atoms with Crippen molar-refractivity contribution < 1.29 is 28.5 Å². The largest absolute Gasteiger partial charge is 0.490 e. The van der Waals surface area contributed by atoms with Gasteiger partial charge >= 0.3 is 5.97 Å². The SMILES string of the molecule is COC[C@H](C)Oc1cc(O[C@@H](C)Cc2cccs2)cc(C(=O)Nc2ccc(C(=O)OC)cn2)c1. The summed E-state index contributed by atoms with van der Waals surface area (Å²) >= 11 is 1.67. The Kier molecular flexibility index (Phi) is 9.00. The van der Waals surface area contributed by atoms with Crippen molar-refractivity contribution in [2.75, 3.05) is 26.1 Å². The fourth-order valence-electron chi connectivity index (χ4n) is 3.22. The molecule has 34 heavy (non-hydrogen) atoms. The van der Waals surface area contributed by atoms with Crippen molar-refractivity contribution in [3.05, 3.63) is 70.0 Å². The molecule has 3 rings (SSSR count). The van der Waals surface area contributed by atoms with Crippen molar-refractivity contribution >= 4 is 29.0 Å². The number of nitrogens with one attached hydrogen (secondary N) is 1. The quantitative estimate of drug-likeness (QED) is 0.397. The van der Waals surface area contributed by atoms with Gasteiger partial charge in [-0.05, 0) is 49.6 Å². The Morgan fingerprint density at radius 3 is 2.32 bits per heavy atom. The Balaban J connectivity index is 1.78. The zero-order chi connectivity index (χ0) is 24.5. The molecule has 0 saturated carbocycles. The highest BCUT2D eigenvalue weighted by Crippen LogP contribution is 2.26. The van der Waals surface area contributed by atoms with Crippen LogP contribution >= 0.6 is 11.3 Å². The molecule has 0 spiro atoms. The van der Waals surface area contributed by atoms with Gasteiger partial charge in [-0.3, -0.25) is 4.79 Å². The summed E-state index contributed by atoms with van der Waals surface area (Å²) in [6, 6.07) is 12.2. The molecule has 2 heterocycles. The van der Waals surface area contributed by atoms with Crippen molar-refractivity contribution in [1.82, 2.24) is 4.98 Å². The lowest BCUT2D eigenvalue weighted by molar-refractivity contribution is 0.0600. The standard InChI is InChI=1S/C25H28N2O6S/c1-16(10-22-6-5-9-34-22)32-20-11-19(12-21(13-20)33-17(2)15-30-3)24(28)27-23-8-7-18(14-26-23)25(29)31-4/h5-9,11-14,16-17H,10,15H2,1-4H3,(H,26,27,28)/t16-,17-/m0/s1. The molecule has 0 aliphatic heterocycles. The highest BCUT2D eigenvalue weighted by atomic mass is 32.1. The molecule has 9 heteroatoms. The second-order valence-electron chi connectivity index (χ2n) is 7.67. The minimum absolute atomic E-state index is 0.103. The number of pyridine rings is 1. The van der Waals surface area contributed by atoms with Crippen LogP contribution in [0.4, 0.5) is 5.82 Å². The molecule has 8 nitrogen and oxygen atoms in total. The van der Waals surface area contributed by atoms with Gasteiger partial charge < -0.3 is 24.3 Å². The van der Waals surface area contributed by atoms with Gasteiger partial charge in [-0.25, -0.2) is 9.78 Å². The fourth-order valence-corrected chi connectivity index (χ4v) is 4.04. The van der Waals surface area contributed by atoms with Crippen LogP contribution in [0.2, 0.25) is 0 Å². The van der Waals surface area contributed by atoms with Crippen LogP contribution in [0.1, 0.15) is 39.4 Å². The number of methoxy groups -OCH3 is 2. The van der Waals surface area contributed by atoms with Gasteiger partial charge in [0.1, 0.15) is 29.5 Å². The van der Waals surface area contributed by atoms with E-state index in [4.69, 9.17) is 14.2 Å². The van der Waals surface area contributed by atoms with Gasteiger partial charge in [0.2, 0.25) is 0 Å². The summed E-state index contributed by atoms with van der Waals surface area (Å²) in [6.45, 7) is 4.26. The Morgan fingerprint density at radius 1 is 1.00 bits per heavy atom. The van der Waals surface area contributed by atoms with Crippen molar-refractivity contribution in [3.8, 4) is 11.5 Å². The van der Waals surface area contributed by atoms with E-state index in [0.717, 1.165) is 6.42 Å². The first-order valence-corrected chi connectivity index (χ1v) is 11.6. The normalized spacial score (nSPS) is 12.5. The zero-order valence-electron chi connectivity index (χ0n) is 19.6. The summed E-state index contributed by atoms with van der Waals surface area (Å²) in [4.78, 5) is 29.9. The van der Waals surface area contributed by atoms with Crippen molar-refractivity contribution in [1.29, 1.82) is 0 Å². The van der Waals surface area contributed by atoms with Crippen LogP contribution in [0.3, 0.4) is 0 Å². The Bertz CT molecular complexity index is 1090. The molecule has 0 aliphatic rings. The predicted octanol–water partition coefficient (Wildman–Crippen LogP) is 4.61. The van der Waals surface area contributed by atoms with E-state index in [9.17, 15) is 9.59 Å². The fraction of sp³-hybridized carbons (Fsp3) is 0.320. The van der Waals surface area contributed by atoms with E-state index in [2.05, 4.69) is 21.1 Å². The molecule has 3 aromatic rings. The number of ether oxygens (including phenoxy) is 4. The lowest BCUT2D eigenvalue weighted by Crippen LogP contribution is -2.19. The molecule has 1 N–H and O–H groups in total. The molecule has 0 fully saturated rings. The molecule has 0 bridgehead atoms. The highest BCUT2D eigenvalue weighted by Gasteiger charge is 2.16. The first kappa shape index (κ1) is 25.2. The Labute approximate surface area is 202 Å². The maximum Gasteiger partial charge on any atom is 0.339 e. The van der Waals surface area contributed by atoms with Gasteiger partial charge in [-0.1, -0.05) is 6.07 Å². The molecule has 180 valence electrons. The smallest absolute Gasteiger partial charge is 0.339 e. The second-order valence-corrected chi connectivity index (χ2v) is 8.70. The minimum atomic E-state index is -0.501. The third-order valence-electron chi connectivity index (χ3n) is 4.71. The second kappa shape index (κ2) is 12.2. The van der Waals surface area contributed by atoms with Crippen LogP contribution in [0.15, 0.2) is 54.0 Å².